The second-order valence-corrected chi connectivity index (χ2v) is 6.21. The van der Waals surface area contributed by atoms with Gasteiger partial charge in [-0.15, -0.1) is 0 Å². The first kappa shape index (κ1) is 18.2. The van der Waals surface area contributed by atoms with Crippen molar-refractivity contribution in [3.05, 3.63) is 15.9 Å². The molecular weight excluding hydrogens is 332 g/mol. The highest BCUT2D eigenvalue weighted by molar-refractivity contribution is 9.10. The van der Waals surface area contributed by atoms with E-state index in [-0.39, 0.29) is 11.9 Å². The Balaban J connectivity index is 2.42. The van der Waals surface area contributed by atoms with E-state index in [9.17, 15) is 4.79 Å². The summed E-state index contributed by atoms with van der Waals surface area (Å²) in [5.74, 6) is 0.0818. The van der Waals surface area contributed by atoms with E-state index < -0.39 is 0 Å². The molecule has 6 heteroatoms. The lowest BCUT2D eigenvalue weighted by Crippen LogP contribution is -2.42. The van der Waals surface area contributed by atoms with Gasteiger partial charge in [0, 0.05) is 24.7 Å². The van der Waals surface area contributed by atoms with Crippen LogP contribution in [0, 0.1) is 13.8 Å². The fraction of sp³-hybridized carbons (Fsp3) is 0.733. The SMILES string of the molecule is CCN(CC)CC(C)NC(=O)CCn1nc(C)c(Br)c1C. The number of amides is 1. The maximum atomic E-state index is 12.0. The summed E-state index contributed by atoms with van der Waals surface area (Å²) in [4.78, 5) is 14.3. The minimum absolute atomic E-state index is 0.0818. The molecule has 1 N–H and O–H groups in total. The third kappa shape index (κ3) is 5.43. The second kappa shape index (κ2) is 8.54. The van der Waals surface area contributed by atoms with E-state index in [1.165, 1.54) is 0 Å². The predicted molar refractivity (Wildman–Crippen MR) is 89.4 cm³/mol. The van der Waals surface area contributed by atoms with Gasteiger partial charge in [0.05, 0.1) is 16.7 Å². The Hall–Kier alpha value is -0.880. The van der Waals surface area contributed by atoms with Crippen LogP contribution in [0.25, 0.3) is 0 Å². The monoisotopic (exact) mass is 358 g/mol. The largest absolute Gasteiger partial charge is 0.352 e. The minimum Gasteiger partial charge on any atom is -0.352 e. The van der Waals surface area contributed by atoms with E-state index >= 15 is 0 Å². The lowest BCUT2D eigenvalue weighted by molar-refractivity contribution is -0.122. The lowest BCUT2D eigenvalue weighted by atomic mass is 10.2. The molecule has 1 aromatic heterocycles. The van der Waals surface area contributed by atoms with Gasteiger partial charge >= 0.3 is 0 Å². The highest BCUT2D eigenvalue weighted by atomic mass is 79.9. The molecule has 1 atom stereocenters. The molecule has 1 rings (SSSR count). The van der Waals surface area contributed by atoms with Crippen LogP contribution in [0.5, 0.6) is 0 Å². The van der Waals surface area contributed by atoms with Crippen molar-refractivity contribution in [2.75, 3.05) is 19.6 Å². The van der Waals surface area contributed by atoms with Crippen molar-refractivity contribution in [1.82, 2.24) is 20.0 Å². The third-order valence-corrected chi connectivity index (χ3v) is 4.83. The van der Waals surface area contributed by atoms with Gasteiger partial charge in [-0.25, -0.2) is 0 Å². The fourth-order valence-corrected chi connectivity index (χ4v) is 2.65. The Morgan fingerprint density at radius 3 is 2.48 bits per heavy atom. The van der Waals surface area contributed by atoms with Gasteiger partial charge in [-0.3, -0.25) is 9.48 Å². The summed E-state index contributed by atoms with van der Waals surface area (Å²) in [6.45, 7) is 13.8. The number of nitrogens with one attached hydrogen (secondary N) is 1. The number of likely N-dealkylation sites (N-methyl/N-ethyl adjacent to an activating group) is 1. The first-order chi connectivity index (χ1) is 9.88. The van der Waals surface area contributed by atoms with E-state index in [2.05, 4.69) is 52.0 Å². The number of aromatic nitrogens is 2. The Morgan fingerprint density at radius 1 is 1.38 bits per heavy atom. The van der Waals surface area contributed by atoms with Gasteiger partial charge < -0.3 is 10.2 Å². The van der Waals surface area contributed by atoms with Gasteiger partial charge in [0.2, 0.25) is 5.91 Å². The molecule has 0 aliphatic carbocycles. The number of nitrogens with zero attached hydrogens (tertiary/aromatic N) is 3. The Morgan fingerprint density at radius 2 is 2.00 bits per heavy atom. The maximum Gasteiger partial charge on any atom is 0.222 e. The van der Waals surface area contributed by atoms with Gasteiger partial charge in [-0.1, -0.05) is 13.8 Å². The van der Waals surface area contributed by atoms with E-state index in [1.807, 2.05) is 18.5 Å². The van der Waals surface area contributed by atoms with Gasteiger partial charge in [0.25, 0.3) is 0 Å². The van der Waals surface area contributed by atoms with E-state index in [1.54, 1.807) is 0 Å². The normalized spacial score (nSPS) is 12.7. The molecule has 1 aromatic rings. The van der Waals surface area contributed by atoms with Crippen LogP contribution in [0.15, 0.2) is 4.47 Å². The number of hydrogen-bond donors (Lipinski definition) is 1. The zero-order valence-corrected chi connectivity index (χ0v) is 15.3. The Labute approximate surface area is 136 Å². The zero-order valence-electron chi connectivity index (χ0n) is 13.7. The van der Waals surface area contributed by atoms with Gasteiger partial charge in [-0.2, -0.15) is 5.10 Å². The summed E-state index contributed by atoms with van der Waals surface area (Å²) in [6, 6.07) is 0.171. The number of rotatable bonds is 8. The molecule has 0 fully saturated rings. The number of halogens is 1. The number of carbonyl (C=O) groups is 1. The first-order valence-electron chi connectivity index (χ1n) is 7.60. The van der Waals surface area contributed by atoms with Crippen LogP contribution in [0.3, 0.4) is 0 Å². The molecule has 1 heterocycles. The van der Waals surface area contributed by atoms with E-state index in [0.29, 0.717) is 13.0 Å². The van der Waals surface area contributed by atoms with Crippen molar-refractivity contribution in [3.63, 3.8) is 0 Å². The lowest BCUT2D eigenvalue weighted by Gasteiger charge is -2.23. The van der Waals surface area contributed by atoms with Crippen molar-refractivity contribution in [3.8, 4) is 0 Å². The van der Waals surface area contributed by atoms with Crippen LogP contribution in [0.4, 0.5) is 0 Å². The molecular formula is C15H27BrN4O. The summed E-state index contributed by atoms with van der Waals surface area (Å²) >= 11 is 3.50. The summed E-state index contributed by atoms with van der Waals surface area (Å²) in [5.41, 5.74) is 2.03. The van der Waals surface area contributed by atoms with Crippen LogP contribution < -0.4 is 5.32 Å². The van der Waals surface area contributed by atoms with Gasteiger partial charge in [0.1, 0.15) is 0 Å². The summed E-state index contributed by atoms with van der Waals surface area (Å²) in [5, 5.41) is 7.47. The van der Waals surface area contributed by atoms with Crippen LogP contribution in [0.2, 0.25) is 0 Å². The molecule has 0 aliphatic rings. The summed E-state index contributed by atoms with van der Waals surface area (Å²) in [7, 11) is 0. The molecule has 0 saturated heterocycles. The van der Waals surface area contributed by atoms with E-state index in [0.717, 1.165) is 35.5 Å². The van der Waals surface area contributed by atoms with Crippen molar-refractivity contribution in [2.45, 2.75) is 53.6 Å². The maximum absolute atomic E-state index is 12.0. The molecule has 0 spiro atoms. The fourth-order valence-electron chi connectivity index (χ4n) is 2.36. The zero-order chi connectivity index (χ0) is 16.0. The standard InChI is InChI=1S/C15H27BrN4O/c1-6-19(7-2)10-11(3)17-14(21)8-9-20-13(5)15(16)12(4)18-20/h11H,6-10H2,1-5H3,(H,17,21). The van der Waals surface area contributed by atoms with Crippen LogP contribution in [-0.2, 0) is 11.3 Å². The number of aryl methyl sites for hydroxylation is 2. The van der Waals surface area contributed by atoms with Crippen molar-refractivity contribution >= 4 is 21.8 Å². The quantitative estimate of drug-likeness (QED) is 0.776. The highest BCUT2D eigenvalue weighted by Crippen LogP contribution is 2.19. The Kier molecular flexibility index (Phi) is 7.39. The molecule has 21 heavy (non-hydrogen) atoms. The predicted octanol–water partition coefficient (Wildman–Crippen LogP) is 2.50. The smallest absolute Gasteiger partial charge is 0.222 e. The van der Waals surface area contributed by atoms with Gasteiger partial charge in [-0.05, 0) is 49.8 Å². The van der Waals surface area contributed by atoms with Crippen molar-refractivity contribution < 1.29 is 4.79 Å². The molecule has 0 saturated carbocycles. The molecule has 5 nitrogen and oxygen atoms in total. The average Bonchev–Trinajstić information content (AvgIpc) is 2.69. The molecule has 1 amide bonds. The number of carbonyl (C=O) groups excluding carboxylic acids is 1. The average molecular weight is 359 g/mol. The van der Waals surface area contributed by atoms with E-state index in [4.69, 9.17) is 0 Å². The first-order valence-corrected chi connectivity index (χ1v) is 8.39. The second-order valence-electron chi connectivity index (χ2n) is 5.41. The number of hydrogen-bond acceptors (Lipinski definition) is 3. The topological polar surface area (TPSA) is 50.2 Å². The molecule has 1 unspecified atom stereocenters. The third-order valence-electron chi connectivity index (χ3n) is 3.68. The molecule has 0 aromatic carbocycles. The highest BCUT2D eigenvalue weighted by Gasteiger charge is 2.13. The molecule has 0 radical (unpaired) electrons. The molecule has 0 aliphatic heterocycles. The van der Waals surface area contributed by atoms with Crippen LogP contribution in [0.1, 0.15) is 38.6 Å². The Bertz CT molecular complexity index is 468. The molecule has 0 bridgehead atoms. The van der Waals surface area contributed by atoms with Crippen molar-refractivity contribution in [2.24, 2.45) is 0 Å². The minimum atomic E-state index is 0.0818. The van der Waals surface area contributed by atoms with Crippen LogP contribution in [-0.4, -0.2) is 46.3 Å². The van der Waals surface area contributed by atoms with Crippen LogP contribution >= 0.6 is 15.9 Å². The van der Waals surface area contributed by atoms with Crippen molar-refractivity contribution in [1.29, 1.82) is 0 Å². The molecule has 120 valence electrons. The van der Waals surface area contributed by atoms with Gasteiger partial charge in [0.15, 0.2) is 0 Å². The summed E-state index contributed by atoms with van der Waals surface area (Å²) < 4.78 is 2.91. The summed E-state index contributed by atoms with van der Waals surface area (Å²) in [6.07, 6.45) is 0.455.